The second-order valence-corrected chi connectivity index (χ2v) is 6.49. The Morgan fingerprint density at radius 1 is 1.28 bits per heavy atom. The van der Waals surface area contributed by atoms with Crippen LogP contribution in [0, 0.1) is 5.82 Å². The van der Waals surface area contributed by atoms with Crippen LogP contribution in [0.2, 0.25) is 9.36 Å². The van der Waals surface area contributed by atoms with Crippen LogP contribution < -0.4 is 5.32 Å². The van der Waals surface area contributed by atoms with E-state index >= 15 is 0 Å². The fourth-order valence-corrected chi connectivity index (χ4v) is 3.81. The van der Waals surface area contributed by atoms with Crippen LogP contribution in [0.4, 0.5) is 10.1 Å². The SMILES string of the molecule is Fc1ccc(Cl)cc1NC1CCc2sc(Cl)cc21. The molecule has 94 valence electrons. The topological polar surface area (TPSA) is 12.0 Å². The van der Waals surface area contributed by atoms with Crippen LogP contribution in [0.1, 0.15) is 22.9 Å². The molecule has 1 atom stereocenters. The van der Waals surface area contributed by atoms with E-state index in [1.165, 1.54) is 16.5 Å². The number of rotatable bonds is 2. The number of hydrogen-bond acceptors (Lipinski definition) is 2. The lowest BCUT2D eigenvalue weighted by molar-refractivity contribution is 0.625. The fourth-order valence-electron chi connectivity index (χ4n) is 2.28. The highest BCUT2D eigenvalue weighted by atomic mass is 35.5. The predicted molar refractivity (Wildman–Crippen MR) is 75.4 cm³/mol. The maximum Gasteiger partial charge on any atom is 0.146 e. The van der Waals surface area contributed by atoms with E-state index in [-0.39, 0.29) is 11.9 Å². The van der Waals surface area contributed by atoms with E-state index in [9.17, 15) is 4.39 Å². The highest BCUT2D eigenvalue weighted by Crippen LogP contribution is 2.41. The third-order valence-corrected chi connectivity index (χ3v) is 4.68. The maximum absolute atomic E-state index is 13.7. The molecule has 0 saturated carbocycles. The number of benzene rings is 1. The van der Waals surface area contributed by atoms with Crippen LogP contribution in [0.25, 0.3) is 0 Å². The van der Waals surface area contributed by atoms with Crippen molar-refractivity contribution in [2.75, 3.05) is 5.32 Å². The molecule has 1 aromatic heterocycles. The van der Waals surface area contributed by atoms with Gasteiger partial charge >= 0.3 is 0 Å². The third-order valence-electron chi connectivity index (χ3n) is 3.11. The highest BCUT2D eigenvalue weighted by molar-refractivity contribution is 7.16. The van der Waals surface area contributed by atoms with Gasteiger partial charge < -0.3 is 5.32 Å². The average Bonchev–Trinajstić information content (AvgIpc) is 2.84. The van der Waals surface area contributed by atoms with E-state index in [4.69, 9.17) is 23.2 Å². The van der Waals surface area contributed by atoms with Crippen LogP contribution in [-0.2, 0) is 6.42 Å². The molecule has 2 aromatic rings. The Morgan fingerprint density at radius 3 is 2.94 bits per heavy atom. The quantitative estimate of drug-likeness (QED) is 0.794. The molecular weight excluding hydrogens is 292 g/mol. The minimum Gasteiger partial charge on any atom is -0.376 e. The van der Waals surface area contributed by atoms with E-state index in [1.807, 2.05) is 6.07 Å². The van der Waals surface area contributed by atoms with Gasteiger partial charge in [-0.15, -0.1) is 11.3 Å². The minimum absolute atomic E-state index is 0.122. The molecule has 0 saturated heterocycles. The summed E-state index contributed by atoms with van der Waals surface area (Å²) in [6.45, 7) is 0. The van der Waals surface area contributed by atoms with E-state index < -0.39 is 0 Å². The van der Waals surface area contributed by atoms with Gasteiger partial charge in [0.05, 0.1) is 16.1 Å². The number of fused-ring (bicyclic) bond motifs is 1. The lowest BCUT2D eigenvalue weighted by atomic mass is 10.1. The van der Waals surface area contributed by atoms with Crippen molar-refractivity contribution in [3.63, 3.8) is 0 Å². The van der Waals surface area contributed by atoms with Gasteiger partial charge in [-0.1, -0.05) is 23.2 Å². The molecule has 1 aromatic carbocycles. The van der Waals surface area contributed by atoms with Gasteiger partial charge in [0.2, 0.25) is 0 Å². The van der Waals surface area contributed by atoms with Gasteiger partial charge in [-0.3, -0.25) is 0 Å². The smallest absolute Gasteiger partial charge is 0.146 e. The second-order valence-electron chi connectivity index (χ2n) is 4.29. The van der Waals surface area contributed by atoms with Crippen LogP contribution in [0.3, 0.4) is 0 Å². The number of hydrogen-bond donors (Lipinski definition) is 1. The zero-order valence-corrected chi connectivity index (χ0v) is 11.7. The molecule has 18 heavy (non-hydrogen) atoms. The Bertz CT molecular complexity index is 597. The molecule has 0 spiro atoms. The summed E-state index contributed by atoms with van der Waals surface area (Å²) in [7, 11) is 0. The van der Waals surface area contributed by atoms with Crippen molar-refractivity contribution in [2.24, 2.45) is 0 Å². The third kappa shape index (κ3) is 2.22. The van der Waals surface area contributed by atoms with Gasteiger partial charge in [0.1, 0.15) is 5.82 Å². The maximum atomic E-state index is 13.7. The van der Waals surface area contributed by atoms with Crippen molar-refractivity contribution in [3.05, 3.63) is 49.9 Å². The number of anilines is 1. The Balaban J connectivity index is 1.88. The normalized spacial score (nSPS) is 17.8. The van der Waals surface area contributed by atoms with Gasteiger partial charge in [0, 0.05) is 9.90 Å². The minimum atomic E-state index is -0.283. The average molecular weight is 302 g/mol. The Labute approximate surface area is 119 Å². The van der Waals surface area contributed by atoms with Crippen LogP contribution in [0.5, 0.6) is 0 Å². The van der Waals surface area contributed by atoms with Crippen LogP contribution >= 0.6 is 34.5 Å². The van der Waals surface area contributed by atoms with Crippen molar-refractivity contribution in [3.8, 4) is 0 Å². The molecule has 1 aliphatic rings. The molecule has 1 unspecified atom stereocenters. The van der Waals surface area contributed by atoms with Crippen LogP contribution in [0.15, 0.2) is 24.3 Å². The molecule has 5 heteroatoms. The lowest BCUT2D eigenvalue weighted by Gasteiger charge is -2.15. The second kappa shape index (κ2) is 4.72. The number of nitrogens with one attached hydrogen (secondary N) is 1. The first-order valence-electron chi connectivity index (χ1n) is 5.63. The molecule has 3 rings (SSSR count). The van der Waals surface area contributed by atoms with E-state index in [1.54, 1.807) is 23.5 Å². The van der Waals surface area contributed by atoms with Gasteiger partial charge in [-0.05, 0) is 42.7 Å². The molecule has 1 nitrogen and oxygen atoms in total. The van der Waals surface area contributed by atoms with Crippen molar-refractivity contribution < 1.29 is 4.39 Å². The number of halogens is 3. The van der Waals surface area contributed by atoms with Crippen molar-refractivity contribution >= 4 is 40.2 Å². The summed E-state index contributed by atoms with van der Waals surface area (Å²) in [6.07, 6.45) is 1.96. The summed E-state index contributed by atoms with van der Waals surface area (Å²) in [5, 5.41) is 3.74. The summed E-state index contributed by atoms with van der Waals surface area (Å²) in [6, 6.07) is 6.62. The van der Waals surface area contributed by atoms with E-state index in [0.29, 0.717) is 10.7 Å². The van der Waals surface area contributed by atoms with Gasteiger partial charge in [-0.25, -0.2) is 4.39 Å². The van der Waals surface area contributed by atoms with Crippen LogP contribution in [-0.4, -0.2) is 0 Å². The van der Waals surface area contributed by atoms with E-state index in [2.05, 4.69) is 5.32 Å². The molecule has 0 bridgehead atoms. The molecule has 0 aliphatic heterocycles. The van der Waals surface area contributed by atoms with Gasteiger partial charge in [-0.2, -0.15) is 0 Å². The lowest BCUT2D eigenvalue weighted by Crippen LogP contribution is -2.07. The molecule has 1 heterocycles. The molecule has 1 N–H and O–H groups in total. The first-order valence-corrected chi connectivity index (χ1v) is 7.20. The van der Waals surface area contributed by atoms with Crippen molar-refractivity contribution in [1.29, 1.82) is 0 Å². The zero-order valence-electron chi connectivity index (χ0n) is 9.34. The summed E-state index contributed by atoms with van der Waals surface area (Å²) in [4.78, 5) is 1.29. The Kier molecular flexibility index (Phi) is 3.22. The molecule has 0 radical (unpaired) electrons. The summed E-state index contributed by atoms with van der Waals surface area (Å²) >= 11 is 13.5. The summed E-state index contributed by atoms with van der Waals surface area (Å²) < 4.78 is 14.4. The zero-order chi connectivity index (χ0) is 12.7. The number of aryl methyl sites for hydroxylation is 1. The molecule has 0 amide bonds. The molecule has 1 aliphatic carbocycles. The first-order chi connectivity index (χ1) is 8.63. The molecule has 0 fully saturated rings. The fraction of sp³-hybridized carbons (Fsp3) is 0.231. The van der Waals surface area contributed by atoms with Crippen molar-refractivity contribution in [1.82, 2.24) is 0 Å². The molecular formula is C13H10Cl2FNS. The predicted octanol–water partition coefficient (Wildman–Crippen LogP) is 5.29. The highest BCUT2D eigenvalue weighted by Gasteiger charge is 2.25. The monoisotopic (exact) mass is 301 g/mol. The Hall–Kier alpha value is -0.770. The van der Waals surface area contributed by atoms with E-state index in [0.717, 1.165) is 17.2 Å². The Morgan fingerprint density at radius 2 is 2.11 bits per heavy atom. The first kappa shape index (κ1) is 12.3. The summed E-state index contributed by atoms with van der Waals surface area (Å²) in [5.74, 6) is -0.283. The van der Waals surface area contributed by atoms with Gasteiger partial charge in [0.25, 0.3) is 0 Å². The number of thiophene rings is 1. The summed E-state index contributed by atoms with van der Waals surface area (Å²) in [5.41, 5.74) is 1.63. The standard InChI is InChI=1S/C13H10Cl2FNS/c14-7-1-2-9(16)11(5-7)17-10-3-4-12-8(10)6-13(15)18-12/h1-2,5-6,10,17H,3-4H2. The van der Waals surface area contributed by atoms with Gasteiger partial charge in [0.15, 0.2) is 0 Å². The largest absolute Gasteiger partial charge is 0.376 e. The van der Waals surface area contributed by atoms with Crippen molar-refractivity contribution in [2.45, 2.75) is 18.9 Å².